The van der Waals surface area contributed by atoms with Crippen molar-refractivity contribution >= 4 is 5.91 Å². The molecule has 4 heteroatoms. The zero-order chi connectivity index (χ0) is 19.0. The zero-order valence-corrected chi connectivity index (χ0v) is 16.2. The predicted molar refractivity (Wildman–Crippen MR) is 108 cm³/mol. The van der Waals surface area contributed by atoms with E-state index in [1.165, 1.54) is 18.4 Å². The summed E-state index contributed by atoms with van der Waals surface area (Å²) in [4.78, 5) is 13.1. The number of benzene rings is 2. The third kappa shape index (κ3) is 2.95. The minimum Gasteiger partial charge on any atom is -0.486 e. The van der Waals surface area contributed by atoms with Crippen LogP contribution in [0.2, 0.25) is 0 Å². The van der Waals surface area contributed by atoms with Gasteiger partial charge in [0.1, 0.15) is 13.2 Å². The summed E-state index contributed by atoms with van der Waals surface area (Å²) in [7, 11) is 0. The Hall–Kier alpha value is -2.49. The highest BCUT2D eigenvalue weighted by Gasteiger charge is 2.51. The average Bonchev–Trinajstić information content (AvgIpc) is 3.44. The lowest BCUT2D eigenvalue weighted by molar-refractivity contribution is -0.123. The highest BCUT2D eigenvalue weighted by molar-refractivity contribution is 5.91. The van der Waals surface area contributed by atoms with Gasteiger partial charge in [0, 0.05) is 12.0 Å². The first kappa shape index (κ1) is 17.6. The molecule has 0 saturated heterocycles. The molecule has 2 fully saturated rings. The van der Waals surface area contributed by atoms with Gasteiger partial charge >= 0.3 is 0 Å². The number of carbonyl (C=O) groups excluding carboxylic acids is 1. The lowest BCUT2D eigenvalue weighted by atomic mass is 9.78. The molecule has 3 aliphatic rings. The second-order valence-corrected chi connectivity index (χ2v) is 8.48. The molecule has 2 aromatic rings. The Kier molecular flexibility index (Phi) is 4.30. The predicted octanol–water partition coefficient (Wildman–Crippen LogP) is 4.12. The highest BCUT2D eigenvalue weighted by atomic mass is 16.6. The smallest absolute Gasteiger partial charge is 0.230 e. The van der Waals surface area contributed by atoms with Crippen LogP contribution in [-0.2, 0) is 15.6 Å². The van der Waals surface area contributed by atoms with Gasteiger partial charge in [0.2, 0.25) is 5.91 Å². The summed E-state index contributed by atoms with van der Waals surface area (Å²) in [5.74, 6) is 1.85. The topological polar surface area (TPSA) is 47.6 Å². The fraction of sp³-hybridized carbons (Fsp3) is 0.458. The molecule has 1 aliphatic heterocycles. The fourth-order valence-electron chi connectivity index (χ4n) is 4.94. The second kappa shape index (κ2) is 6.84. The van der Waals surface area contributed by atoms with Gasteiger partial charge < -0.3 is 14.8 Å². The van der Waals surface area contributed by atoms with Gasteiger partial charge in [-0.05, 0) is 48.9 Å². The molecule has 0 atom stereocenters. The molecule has 0 radical (unpaired) electrons. The van der Waals surface area contributed by atoms with Gasteiger partial charge in [-0.25, -0.2) is 0 Å². The third-order valence-electron chi connectivity index (χ3n) is 6.81. The molecule has 146 valence electrons. The molecule has 0 bridgehead atoms. The van der Waals surface area contributed by atoms with Gasteiger partial charge in [-0.15, -0.1) is 0 Å². The van der Waals surface area contributed by atoms with E-state index in [-0.39, 0.29) is 16.7 Å². The maximum Gasteiger partial charge on any atom is 0.230 e. The van der Waals surface area contributed by atoms with Gasteiger partial charge in [-0.3, -0.25) is 4.79 Å². The van der Waals surface area contributed by atoms with Crippen LogP contribution in [0.1, 0.15) is 49.7 Å². The summed E-state index contributed by atoms with van der Waals surface area (Å²) >= 11 is 0. The van der Waals surface area contributed by atoms with Crippen LogP contribution >= 0.6 is 0 Å². The minimum absolute atomic E-state index is 0.00172. The Morgan fingerprint density at radius 1 is 0.857 bits per heavy atom. The minimum atomic E-state index is -0.312. The normalized spacial score (nSPS) is 21.1. The van der Waals surface area contributed by atoms with Gasteiger partial charge in [-0.1, -0.05) is 49.2 Å². The summed E-state index contributed by atoms with van der Waals surface area (Å²) in [6.45, 7) is 1.90. The van der Waals surface area contributed by atoms with Crippen molar-refractivity contribution < 1.29 is 14.3 Å². The molecule has 0 aromatic heterocycles. The van der Waals surface area contributed by atoms with E-state index in [1.54, 1.807) is 0 Å². The second-order valence-electron chi connectivity index (χ2n) is 8.48. The largest absolute Gasteiger partial charge is 0.486 e. The number of fused-ring (bicyclic) bond motifs is 1. The molecule has 4 nitrogen and oxygen atoms in total. The monoisotopic (exact) mass is 377 g/mol. The van der Waals surface area contributed by atoms with E-state index in [4.69, 9.17) is 9.47 Å². The molecule has 2 aromatic carbocycles. The number of hydrogen-bond acceptors (Lipinski definition) is 3. The summed E-state index contributed by atoms with van der Waals surface area (Å²) in [6, 6.07) is 16.5. The Labute approximate surface area is 166 Å². The Balaban J connectivity index is 1.36. The summed E-state index contributed by atoms with van der Waals surface area (Å²) < 4.78 is 11.5. The first-order valence-electron chi connectivity index (χ1n) is 10.5. The van der Waals surface area contributed by atoms with Crippen molar-refractivity contribution in [3.63, 3.8) is 0 Å². The molecule has 1 heterocycles. The molecule has 28 heavy (non-hydrogen) atoms. The van der Waals surface area contributed by atoms with Crippen molar-refractivity contribution in [1.82, 2.24) is 5.32 Å². The van der Waals surface area contributed by atoms with Crippen molar-refractivity contribution in [2.45, 2.75) is 49.4 Å². The molecule has 2 aliphatic carbocycles. The van der Waals surface area contributed by atoms with Crippen molar-refractivity contribution in [2.75, 3.05) is 19.8 Å². The van der Waals surface area contributed by atoms with Crippen LogP contribution in [0.5, 0.6) is 11.5 Å². The maximum absolute atomic E-state index is 13.1. The maximum atomic E-state index is 13.1. The SMILES string of the molecule is O=C(NCC1(c2ccc3c(c2)OCCO3)CCCC1)C1(c2ccccc2)CC1. The highest BCUT2D eigenvalue weighted by Crippen LogP contribution is 2.49. The van der Waals surface area contributed by atoms with Crippen LogP contribution in [-0.4, -0.2) is 25.7 Å². The summed E-state index contributed by atoms with van der Waals surface area (Å²) in [5.41, 5.74) is 2.10. The van der Waals surface area contributed by atoms with Gasteiger partial charge in [0.05, 0.1) is 5.41 Å². The first-order valence-corrected chi connectivity index (χ1v) is 10.5. The molecule has 1 amide bonds. The lowest BCUT2D eigenvalue weighted by Gasteiger charge is -2.32. The fourth-order valence-corrected chi connectivity index (χ4v) is 4.94. The van der Waals surface area contributed by atoms with Crippen LogP contribution < -0.4 is 14.8 Å². The van der Waals surface area contributed by atoms with Crippen LogP contribution in [0, 0.1) is 0 Å². The van der Waals surface area contributed by atoms with E-state index >= 15 is 0 Å². The van der Waals surface area contributed by atoms with Crippen LogP contribution in [0.4, 0.5) is 0 Å². The Morgan fingerprint density at radius 2 is 1.57 bits per heavy atom. The molecule has 5 rings (SSSR count). The molecular formula is C24H27NO3. The van der Waals surface area contributed by atoms with Gasteiger partial charge in [0.15, 0.2) is 11.5 Å². The number of nitrogens with one attached hydrogen (secondary N) is 1. The number of carbonyl (C=O) groups is 1. The average molecular weight is 377 g/mol. The summed E-state index contributed by atoms with van der Waals surface area (Å²) in [5, 5.41) is 3.33. The van der Waals surface area contributed by atoms with E-state index < -0.39 is 0 Å². The zero-order valence-electron chi connectivity index (χ0n) is 16.2. The molecule has 1 N–H and O–H groups in total. The number of hydrogen-bond donors (Lipinski definition) is 1. The van der Waals surface area contributed by atoms with Gasteiger partial charge in [-0.2, -0.15) is 0 Å². The Bertz CT molecular complexity index is 867. The van der Waals surface area contributed by atoms with E-state index in [0.717, 1.165) is 42.7 Å². The molecule has 0 unspecified atom stereocenters. The van der Waals surface area contributed by atoms with Crippen LogP contribution in [0.15, 0.2) is 48.5 Å². The third-order valence-corrected chi connectivity index (χ3v) is 6.81. The number of amides is 1. The van der Waals surface area contributed by atoms with E-state index in [2.05, 4.69) is 29.6 Å². The van der Waals surface area contributed by atoms with E-state index in [9.17, 15) is 4.79 Å². The molecule has 2 saturated carbocycles. The van der Waals surface area contributed by atoms with Crippen molar-refractivity contribution in [3.05, 3.63) is 59.7 Å². The first-order chi connectivity index (χ1) is 13.7. The van der Waals surface area contributed by atoms with Crippen molar-refractivity contribution in [2.24, 2.45) is 0 Å². The quantitative estimate of drug-likeness (QED) is 0.853. The van der Waals surface area contributed by atoms with Gasteiger partial charge in [0.25, 0.3) is 0 Å². The van der Waals surface area contributed by atoms with E-state index in [0.29, 0.717) is 19.8 Å². The van der Waals surface area contributed by atoms with E-state index in [1.807, 2.05) is 24.3 Å². The lowest BCUT2D eigenvalue weighted by Crippen LogP contribution is -2.43. The Morgan fingerprint density at radius 3 is 2.29 bits per heavy atom. The van der Waals surface area contributed by atoms with Crippen molar-refractivity contribution in [1.29, 1.82) is 0 Å². The molecule has 0 spiro atoms. The van der Waals surface area contributed by atoms with Crippen LogP contribution in [0.25, 0.3) is 0 Å². The number of ether oxygens (including phenoxy) is 2. The van der Waals surface area contributed by atoms with Crippen LogP contribution in [0.3, 0.4) is 0 Å². The number of rotatable bonds is 5. The standard InChI is InChI=1S/C24H27NO3/c26-22(24(12-13-24)18-6-2-1-3-7-18)25-17-23(10-4-5-11-23)19-8-9-20-21(16-19)28-15-14-27-20/h1-3,6-9,16H,4-5,10-15,17H2,(H,25,26). The summed E-state index contributed by atoms with van der Waals surface area (Å²) in [6.07, 6.45) is 6.50. The van der Waals surface area contributed by atoms with Crippen molar-refractivity contribution in [3.8, 4) is 11.5 Å². The molecular weight excluding hydrogens is 350 g/mol.